The molecule has 0 radical (unpaired) electrons. The van der Waals surface area contributed by atoms with Crippen LogP contribution in [0.25, 0.3) is 28.0 Å². The number of carbonyl (C=O) groups excluding carboxylic acids is 1. The van der Waals surface area contributed by atoms with Crippen LogP contribution in [-0.2, 0) is 20.8 Å². The Kier molecular flexibility index (Phi) is 7.93. The van der Waals surface area contributed by atoms with E-state index in [1.807, 2.05) is 0 Å². The molecule has 1 saturated carbocycles. The van der Waals surface area contributed by atoms with Gasteiger partial charge in [0.05, 0.1) is 16.0 Å². The van der Waals surface area contributed by atoms with E-state index in [4.69, 9.17) is 0 Å². The number of nitrogens with zero attached hydrogens (tertiary/aromatic N) is 5. The van der Waals surface area contributed by atoms with E-state index in [0.29, 0.717) is 24.5 Å². The van der Waals surface area contributed by atoms with Gasteiger partial charge in [0.2, 0.25) is 5.91 Å². The second-order valence-electron chi connectivity index (χ2n) is 11.7. The number of aromatic nitrogens is 3. The fourth-order valence-corrected chi connectivity index (χ4v) is 7.01. The average molecular weight is 674 g/mol. The fourth-order valence-electron chi connectivity index (χ4n) is 6.13. The number of alkyl halides is 3. The normalized spacial score (nSPS) is 17.3. The summed E-state index contributed by atoms with van der Waals surface area (Å²) in [6.07, 6.45) is -1.74. The maximum Gasteiger partial charge on any atom is 0.419 e. The Balaban J connectivity index is 1.70. The summed E-state index contributed by atoms with van der Waals surface area (Å²) < 4.78 is 99.9. The molecule has 1 aliphatic carbocycles. The second kappa shape index (κ2) is 11.5. The number of carbonyl (C=O) groups is 1. The molecule has 3 heterocycles. The maximum atomic E-state index is 16.0. The first-order chi connectivity index (χ1) is 22.1. The van der Waals surface area contributed by atoms with Crippen molar-refractivity contribution >= 4 is 32.6 Å². The van der Waals surface area contributed by atoms with Gasteiger partial charge in [-0.2, -0.15) is 18.2 Å². The number of benzene rings is 2. The predicted octanol–water partition coefficient (Wildman–Crippen LogP) is 5.25. The Labute approximate surface area is 265 Å². The highest BCUT2D eigenvalue weighted by Crippen LogP contribution is 2.45. The minimum Gasteiger partial charge on any atom is -0.350 e. The highest BCUT2D eigenvalue weighted by molar-refractivity contribution is 7.90. The number of hydrogen-bond donors (Lipinski definition) is 0. The van der Waals surface area contributed by atoms with Crippen LogP contribution in [-0.4, -0.2) is 65.7 Å². The molecule has 1 aliphatic heterocycles. The van der Waals surface area contributed by atoms with Crippen molar-refractivity contribution in [1.29, 1.82) is 0 Å². The van der Waals surface area contributed by atoms with Gasteiger partial charge in [-0.05, 0) is 55.5 Å². The quantitative estimate of drug-likeness (QED) is 0.204. The van der Waals surface area contributed by atoms with E-state index < -0.39 is 56.2 Å². The van der Waals surface area contributed by atoms with Crippen LogP contribution >= 0.6 is 0 Å². The van der Waals surface area contributed by atoms with E-state index >= 15 is 4.39 Å². The van der Waals surface area contributed by atoms with Gasteiger partial charge in [0, 0.05) is 37.5 Å². The van der Waals surface area contributed by atoms with Crippen molar-refractivity contribution in [2.75, 3.05) is 30.8 Å². The summed E-state index contributed by atoms with van der Waals surface area (Å²) in [5.74, 6) is -3.40. The van der Waals surface area contributed by atoms with Crippen molar-refractivity contribution in [3.05, 3.63) is 88.4 Å². The van der Waals surface area contributed by atoms with Gasteiger partial charge < -0.3 is 9.80 Å². The van der Waals surface area contributed by atoms with Crippen LogP contribution in [0.3, 0.4) is 0 Å². The van der Waals surface area contributed by atoms with Crippen LogP contribution in [0, 0.1) is 11.6 Å². The van der Waals surface area contributed by atoms with Crippen LogP contribution < -0.4 is 10.6 Å². The third-order valence-electron chi connectivity index (χ3n) is 8.41. The molecule has 4 aromatic rings. The molecule has 2 aromatic carbocycles. The lowest BCUT2D eigenvalue weighted by atomic mass is 10.0. The molecule has 1 atom stereocenters. The standard InChI is InChI=1S/C32H28F5N5O4S/c1-4-25(43)40-13-14-41(17(2)16-40)29-21-15-23(34)27(20-8-5-9-22(33)26(20)32(35,36)37)38-30(21)42(31(44)39-29)28-19(18-11-12-18)7-6-10-24(28)47(3,45)46/h4-10,15,17-18H,1,11-14,16H2,2-3H3/t17-/m0/s1. The molecular weight excluding hydrogens is 645 g/mol. The van der Waals surface area contributed by atoms with E-state index in [9.17, 15) is 35.6 Å². The monoisotopic (exact) mass is 673 g/mol. The summed E-state index contributed by atoms with van der Waals surface area (Å²) in [5, 5.41) is -0.101. The highest BCUT2D eigenvalue weighted by atomic mass is 32.2. The number of fused-ring (bicyclic) bond motifs is 1. The third kappa shape index (κ3) is 5.77. The Hall–Kier alpha value is -4.66. The zero-order valence-electron chi connectivity index (χ0n) is 25.2. The van der Waals surface area contributed by atoms with E-state index in [2.05, 4.69) is 16.5 Å². The van der Waals surface area contributed by atoms with Gasteiger partial charge in [0.25, 0.3) is 0 Å². The van der Waals surface area contributed by atoms with E-state index in [-0.39, 0.29) is 58.9 Å². The molecule has 1 saturated heterocycles. The first-order valence-electron chi connectivity index (χ1n) is 14.6. The van der Waals surface area contributed by atoms with Crippen molar-refractivity contribution in [2.45, 2.75) is 42.8 Å². The lowest BCUT2D eigenvalue weighted by molar-refractivity contribution is -0.139. The molecule has 0 spiro atoms. The molecule has 9 nitrogen and oxygen atoms in total. The van der Waals surface area contributed by atoms with Gasteiger partial charge in [-0.3, -0.25) is 4.79 Å². The third-order valence-corrected chi connectivity index (χ3v) is 9.54. The van der Waals surface area contributed by atoms with Crippen molar-refractivity contribution in [3.63, 3.8) is 0 Å². The van der Waals surface area contributed by atoms with Crippen LogP contribution in [0.4, 0.5) is 27.8 Å². The first-order valence-corrected chi connectivity index (χ1v) is 16.5. The average Bonchev–Trinajstić information content (AvgIpc) is 3.84. The molecule has 1 amide bonds. The number of amides is 1. The lowest BCUT2D eigenvalue weighted by Crippen LogP contribution is -2.54. The number of rotatable bonds is 6. The van der Waals surface area contributed by atoms with Gasteiger partial charge in [0.1, 0.15) is 28.7 Å². The molecule has 0 unspecified atom stereocenters. The summed E-state index contributed by atoms with van der Waals surface area (Å²) in [6.45, 7) is 5.76. The van der Waals surface area contributed by atoms with Crippen LogP contribution in [0.15, 0.2) is 64.8 Å². The van der Waals surface area contributed by atoms with Crippen molar-refractivity contribution < 1.29 is 35.2 Å². The minimum absolute atomic E-state index is 0.0579. The molecular formula is C32H28F5N5O4S. The van der Waals surface area contributed by atoms with E-state index in [1.54, 1.807) is 17.9 Å². The summed E-state index contributed by atoms with van der Waals surface area (Å²) in [4.78, 5) is 37.8. The Morgan fingerprint density at radius 1 is 1.04 bits per heavy atom. The smallest absolute Gasteiger partial charge is 0.350 e. The van der Waals surface area contributed by atoms with Gasteiger partial charge >= 0.3 is 11.9 Å². The molecule has 2 fully saturated rings. The maximum absolute atomic E-state index is 16.0. The molecule has 2 aliphatic rings. The topological polar surface area (TPSA) is 105 Å². The second-order valence-corrected chi connectivity index (χ2v) is 13.7. The Morgan fingerprint density at radius 3 is 2.36 bits per heavy atom. The SMILES string of the molecule is C=CC(=O)N1CCN(c2nc(=O)n(-c3c(C4CC4)cccc3S(C)(=O)=O)c3nc(-c4cccc(F)c4C(F)(F)F)c(F)cc23)[C@@H](C)C1. The number of hydrogen-bond acceptors (Lipinski definition) is 7. The largest absolute Gasteiger partial charge is 0.419 e. The first kappa shape index (κ1) is 32.3. The number of para-hydroxylation sites is 1. The van der Waals surface area contributed by atoms with Gasteiger partial charge in [-0.1, -0.05) is 30.8 Å². The highest BCUT2D eigenvalue weighted by Gasteiger charge is 2.39. The zero-order valence-corrected chi connectivity index (χ0v) is 26.0. The number of anilines is 1. The summed E-state index contributed by atoms with van der Waals surface area (Å²) in [7, 11) is -4.00. The molecule has 2 aromatic heterocycles. The van der Waals surface area contributed by atoms with Crippen LogP contribution in [0.2, 0.25) is 0 Å². The molecule has 47 heavy (non-hydrogen) atoms. The van der Waals surface area contributed by atoms with Gasteiger partial charge in [0.15, 0.2) is 15.5 Å². The predicted molar refractivity (Wildman–Crippen MR) is 164 cm³/mol. The number of sulfone groups is 1. The van der Waals surface area contributed by atoms with Crippen molar-refractivity contribution in [2.24, 2.45) is 0 Å². The Morgan fingerprint density at radius 2 is 1.74 bits per heavy atom. The molecule has 246 valence electrons. The van der Waals surface area contributed by atoms with Crippen molar-refractivity contribution in [1.82, 2.24) is 19.4 Å². The number of piperazine rings is 1. The van der Waals surface area contributed by atoms with Crippen LogP contribution in [0.1, 0.15) is 36.8 Å². The van der Waals surface area contributed by atoms with Crippen LogP contribution in [0.5, 0.6) is 0 Å². The zero-order chi connectivity index (χ0) is 34.0. The van der Waals surface area contributed by atoms with E-state index in [1.165, 1.54) is 17.0 Å². The summed E-state index contributed by atoms with van der Waals surface area (Å²) >= 11 is 0. The summed E-state index contributed by atoms with van der Waals surface area (Å²) in [5.41, 5.74) is -4.54. The van der Waals surface area contributed by atoms with Crippen molar-refractivity contribution in [3.8, 4) is 16.9 Å². The van der Waals surface area contributed by atoms with Gasteiger partial charge in [-0.25, -0.2) is 31.5 Å². The lowest BCUT2D eigenvalue weighted by Gasteiger charge is -2.40. The molecule has 15 heteroatoms. The summed E-state index contributed by atoms with van der Waals surface area (Å²) in [6, 6.07) is 7.30. The fraction of sp³-hybridized carbons (Fsp3) is 0.312. The molecule has 6 rings (SSSR count). The minimum atomic E-state index is -5.23. The number of pyridine rings is 1. The molecule has 0 N–H and O–H groups in total. The van der Waals surface area contributed by atoms with Gasteiger partial charge in [-0.15, -0.1) is 0 Å². The van der Waals surface area contributed by atoms with E-state index in [0.717, 1.165) is 35.1 Å². The number of halogens is 5. The molecule has 0 bridgehead atoms. The Bertz CT molecular complexity index is 2130.